The quantitative estimate of drug-likeness (QED) is 0.739. The van der Waals surface area contributed by atoms with Crippen LogP contribution in [0.3, 0.4) is 0 Å². The molecule has 1 N–H and O–H groups in total. The summed E-state index contributed by atoms with van der Waals surface area (Å²) in [5.41, 5.74) is 5.04. The van der Waals surface area contributed by atoms with Gasteiger partial charge in [-0.15, -0.1) is 0 Å². The average Bonchev–Trinajstić information content (AvgIpc) is 2.70. The van der Waals surface area contributed by atoms with Gasteiger partial charge in [-0.2, -0.15) is 0 Å². The number of ether oxygens (including phenoxy) is 2. The predicted molar refractivity (Wildman–Crippen MR) is 118 cm³/mol. The number of hydrogen-bond donors (Lipinski definition) is 1. The van der Waals surface area contributed by atoms with E-state index in [1.807, 2.05) is 6.92 Å². The summed E-state index contributed by atoms with van der Waals surface area (Å²) in [6.07, 6.45) is 4.89. The zero-order valence-electron chi connectivity index (χ0n) is 18.2. The maximum atomic E-state index is 11.3. The standard InChI is InChI=1S/C25H32N2O3/c1-17(26-18(2)28)20-9-7-19(8-10-20)15-27-14-13-23-21(16-27)11-12-24(25(23)29-3)30-22-5-4-6-22/h7-12,17,22H,4-6,13-16H2,1-3H3,(H,26,28)/t17-/m0/s1. The van der Waals surface area contributed by atoms with Crippen molar-refractivity contribution >= 4 is 5.91 Å². The number of rotatable bonds is 7. The van der Waals surface area contributed by atoms with Gasteiger partial charge in [0.05, 0.1) is 19.3 Å². The Kier molecular flexibility index (Phi) is 6.28. The highest BCUT2D eigenvalue weighted by Crippen LogP contribution is 2.39. The number of hydrogen-bond acceptors (Lipinski definition) is 4. The van der Waals surface area contributed by atoms with Crippen molar-refractivity contribution in [2.24, 2.45) is 0 Å². The first-order valence-corrected chi connectivity index (χ1v) is 11.0. The molecule has 30 heavy (non-hydrogen) atoms. The van der Waals surface area contributed by atoms with Gasteiger partial charge in [0.15, 0.2) is 11.5 Å². The highest BCUT2D eigenvalue weighted by Gasteiger charge is 2.25. The van der Waals surface area contributed by atoms with E-state index in [0.717, 1.165) is 56.0 Å². The number of nitrogens with zero attached hydrogens (tertiary/aromatic N) is 1. The number of nitrogens with one attached hydrogen (secondary N) is 1. The van der Waals surface area contributed by atoms with Crippen LogP contribution < -0.4 is 14.8 Å². The molecule has 0 radical (unpaired) electrons. The molecule has 1 saturated carbocycles. The Hall–Kier alpha value is -2.53. The molecule has 5 heteroatoms. The predicted octanol–water partition coefficient (Wildman–Crippen LogP) is 4.38. The summed E-state index contributed by atoms with van der Waals surface area (Å²) in [4.78, 5) is 13.7. The second-order valence-electron chi connectivity index (χ2n) is 8.53. The first kappa shape index (κ1) is 20.7. The monoisotopic (exact) mass is 408 g/mol. The van der Waals surface area contributed by atoms with E-state index in [1.54, 1.807) is 14.0 Å². The molecule has 1 atom stereocenters. The Morgan fingerprint density at radius 3 is 2.60 bits per heavy atom. The maximum absolute atomic E-state index is 11.3. The number of carbonyl (C=O) groups excluding carboxylic acids is 1. The third kappa shape index (κ3) is 4.62. The lowest BCUT2D eigenvalue weighted by atomic mass is 9.95. The van der Waals surface area contributed by atoms with E-state index < -0.39 is 0 Å². The molecule has 0 aromatic heterocycles. The van der Waals surface area contributed by atoms with Crippen LogP contribution in [0.5, 0.6) is 11.5 Å². The lowest BCUT2D eigenvalue weighted by Crippen LogP contribution is -2.31. The highest BCUT2D eigenvalue weighted by atomic mass is 16.5. The van der Waals surface area contributed by atoms with Gasteiger partial charge in [-0.25, -0.2) is 0 Å². The van der Waals surface area contributed by atoms with E-state index >= 15 is 0 Å². The summed E-state index contributed by atoms with van der Waals surface area (Å²) in [5, 5.41) is 2.93. The summed E-state index contributed by atoms with van der Waals surface area (Å²) in [5.74, 6) is 1.82. The van der Waals surface area contributed by atoms with Crippen LogP contribution in [0.4, 0.5) is 0 Å². The molecule has 0 saturated heterocycles. The van der Waals surface area contributed by atoms with Crippen LogP contribution in [0, 0.1) is 0 Å². The second-order valence-corrected chi connectivity index (χ2v) is 8.53. The molecule has 2 aromatic rings. The third-order valence-corrected chi connectivity index (χ3v) is 6.25. The fourth-order valence-electron chi connectivity index (χ4n) is 4.34. The molecule has 0 unspecified atom stereocenters. The SMILES string of the molecule is COc1c(OC2CCC2)ccc2c1CCN(Cc1ccc([C@H](C)NC(C)=O)cc1)C2. The number of benzene rings is 2. The van der Waals surface area contributed by atoms with Crippen molar-refractivity contribution in [3.05, 3.63) is 58.7 Å². The Balaban J connectivity index is 1.41. The van der Waals surface area contributed by atoms with Crippen LogP contribution in [0.2, 0.25) is 0 Å². The maximum Gasteiger partial charge on any atom is 0.217 e. The normalized spacial score (nSPS) is 17.6. The van der Waals surface area contributed by atoms with E-state index in [9.17, 15) is 4.79 Å². The molecule has 4 rings (SSSR count). The second kappa shape index (κ2) is 9.09. The molecule has 1 fully saturated rings. The molecule has 2 aliphatic rings. The van der Waals surface area contributed by atoms with Crippen molar-refractivity contribution in [3.8, 4) is 11.5 Å². The van der Waals surface area contributed by atoms with Crippen LogP contribution in [-0.2, 0) is 24.3 Å². The molecular formula is C25H32N2O3. The van der Waals surface area contributed by atoms with Gasteiger partial charge in [0.25, 0.3) is 0 Å². The van der Waals surface area contributed by atoms with Gasteiger partial charge in [0.1, 0.15) is 0 Å². The minimum atomic E-state index is -0.00442. The van der Waals surface area contributed by atoms with Crippen LogP contribution >= 0.6 is 0 Å². The van der Waals surface area contributed by atoms with Crippen molar-refractivity contribution < 1.29 is 14.3 Å². The van der Waals surface area contributed by atoms with Gasteiger partial charge in [-0.1, -0.05) is 30.3 Å². The van der Waals surface area contributed by atoms with Gasteiger partial charge in [0.2, 0.25) is 5.91 Å². The fourth-order valence-corrected chi connectivity index (χ4v) is 4.34. The lowest BCUT2D eigenvalue weighted by molar-refractivity contribution is -0.119. The Labute approximate surface area is 179 Å². The topological polar surface area (TPSA) is 50.8 Å². The molecule has 2 aromatic carbocycles. The van der Waals surface area contributed by atoms with Crippen LogP contribution in [-0.4, -0.2) is 30.6 Å². The van der Waals surface area contributed by atoms with Crippen LogP contribution in [0.25, 0.3) is 0 Å². The van der Waals surface area contributed by atoms with Crippen molar-refractivity contribution in [2.45, 2.75) is 64.8 Å². The molecule has 160 valence electrons. The first-order chi connectivity index (χ1) is 14.5. The molecule has 1 heterocycles. The smallest absolute Gasteiger partial charge is 0.217 e. The van der Waals surface area contributed by atoms with E-state index in [0.29, 0.717) is 6.10 Å². The molecule has 0 bridgehead atoms. The molecule has 1 aliphatic carbocycles. The molecule has 1 aliphatic heterocycles. The fraction of sp³-hybridized carbons (Fsp3) is 0.480. The number of methoxy groups -OCH3 is 1. The lowest BCUT2D eigenvalue weighted by Gasteiger charge is -2.32. The van der Waals surface area contributed by atoms with Crippen molar-refractivity contribution in [1.82, 2.24) is 10.2 Å². The van der Waals surface area contributed by atoms with Crippen LogP contribution in [0.1, 0.15) is 61.4 Å². The number of fused-ring (bicyclic) bond motifs is 1. The van der Waals surface area contributed by atoms with Gasteiger partial charge >= 0.3 is 0 Å². The molecule has 5 nitrogen and oxygen atoms in total. The van der Waals surface area contributed by atoms with E-state index in [1.165, 1.54) is 23.1 Å². The first-order valence-electron chi connectivity index (χ1n) is 11.0. The zero-order valence-corrected chi connectivity index (χ0v) is 18.2. The van der Waals surface area contributed by atoms with Gasteiger partial charge < -0.3 is 14.8 Å². The van der Waals surface area contributed by atoms with Gasteiger partial charge in [0, 0.05) is 32.1 Å². The summed E-state index contributed by atoms with van der Waals surface area (Å²) < 4.78 is 11.9. The summed E-state index contributed by atoms with van der Waals surface area (Å²) in [7, 11) is 1.75. The van der Waals surface area contributed by atoms with E-state index in [-0.39, 0.29) is 11.9 Å². The number of carbonyl (C=O) groups is 1. The molecular weight excluding hydrogens is 376 g/mol. The van der Waals surface area contributed by atoms with E-state index in [4.69, 9.17) is 9.47 Å². The molecule has 1 amide bonds. The Bertz CT molecular complexity index is 890. The molecule has 0 spiro atoms. The van der Waals surface area contributed by atoms with Crippen LogP contribution in [0.15, 0.2) is 36.4 Å². The van der Waals surface area contributed by atoms with Crippen molar-refractivity contribution in [2.75, 3.05) is 13.7 Å². The Morgan fingerprint density at radius 2 is 1.97 bits per heavy atom. The third-order valence-electron chi connectivity index (χ3n) is 6.25. The van der Waals surface area contributed by atoms with Gasteiger partial charge in [-0.3, -0.25) is 9.69 Å². The average molecular weight is 409 g/mol. The zero-order chi connectivity index (χ0) is 21.1. The van der Waals surface area contributed by atoms with Crippen molar-refractivity contribution in [3.63, 3.8) is 0 Å². The highest BCUT2D eigenvalue weighted by molar-refractivity contribution is 5.73. The minimum absolute atomic E-state index is 0.00442. The number of amides is 1. The minimum Gasteiger partial charge on any atom is -0.493 e. The van der Waals surface area contributed by atoms with E-state index in [2.05, 4.69) is 46.6 Å². The van der Waals surface area contributed by atoms with Gasteiger partial charge in [-0.05, 0) is 55.4 Å². The summed E-state index contributed by atoms with van der Waals surface area (Å²) in [6.45, 7) is 6.39. The summed E-state index contributed by atoms with van der Waals surface area (Å²) >= 11 is 0. The summed E-state index contributed by atoms with van der Waals surface area (Å²) in [6, 6.07) is 12.9. The van der Waals surface area contributed by atoms with Crippen molar-refractivity contribution in [1.29, 1.82) is 0 Å². The Morgan fingerprint density at radius 1 is 1.20 bits per heavy atom. The largest absolute Gasteiger partial charge is 0.493 e.